The standard InChI is InChI=1S/C17H21N3O3/c1-13-12-16(19-23-13)18-17(21)7-4-14-2-5-15(6-3-14)20-8-10-22-11-9-20/h2-3,5-6,12H,4,7-11H2,1H3,(H,18,19,21). The number of hydrogen-bond acceptors (Lipinski definition) is 5. The highest BCUT2D eigenvalue weighted by Gasteiger charge is 2.11. The van der Waals surface area contributed by atoms with Crippen LogP contribution in [-0.2, 0) is 16.0 Å². The van der Waals surface area contributed by atoms with Gasteiger partial charge < -0.3 is 19.5 Å². The van der Waals surface area contributed by atoms with Crippen molar-refractivity contribution in [2.24, 2.45) is 0 Å². The SMILES string of the molecule is Cc1cc(NC(=O)CCc2ccc(N3CCOCC3)cc2)no1. The van der Waals surface area contributed by atoms with Crippen LogP contribution in [-0.4, -0.2) is 37.4 Å². The number of hydrogen-bond donors (Lipinski definition) is 1. The Morgan fingerprint density at radius 2 is 2.00 bits per heavy atom. The number of ether oxygens (including phenoxy) is 1. The van der Waals surface area contributed by atoms with E-state index in [1.54, 1.807) is 13.0 Å². The molecular weight excluding hydrogens is 294 g/mol. The van der Waals surface area contributed by atoms with Crippen LogP contribution in [0, 0.1) is 6.92 Å². The Hall–Kier alpha value is -2.34. The van der Waals surface area contributed by atoms with Crippen molar-refractivity contribution in [3.05, 3.63) is 41.7 Å². The zero-order valence-corrected chi connectivity index (χ0v) is 13.2. The maximum absolute atomic E-state index is 11.9. The number of anilines is 2. The molecule has 0 spiro atoms. The summed E-state index contributed by atoms with van der Waals surface area (Å²) in [5, 5.41) is 6.48. The third kappa shape index (κ3) is 4.32. The quantitative estimate of drug-likeness (QED) is 0.917. The molecule has 1 amide bonds. The highest BCUT2D eigenvalue weighted by Crippen LogP contribution is 2.17. The van der Waals surface area contributed by atoms with Gasteiger partial charge >= 0.3 is 0 Å². The molecule has 0 aliphatic carbocycles. The van der Waals surface area contributed by atoms with Crippen molar-refractivity contribution in [3.8, 4) is 0 Å². The second-order valence-corrected chi connectivity index (χ2v) is 5.64. The Labute approximate surface area is 135 Å². The first kappa shape index (κ1) is 15.6. The van der Waals surface area contributed by atoms with Crippen LogP contribution in [0.4, 0.5) is 11.5 Å². The van der Waals surface area contributed by atoms with Crippen LogP contribution in [0.5, 0.6) is 0 Å². The van der Waals surface area contributed by atoms with Gasteiger partial charge in [0.25, 0.3) is 0 Å². The van der Waals surface area contributed by atoms with Crippen molar-refractivity contribution in [1.29, 1.82) is 0 Å². The molecule has 1 aromatic heterocycles. The van der Waals surface area contributed by atoms with Gasteiger partial charge in [0.2, 0.25) is 5.91 Å². The summed E-state index contributed by atoms with van der Waals surface area (Å²) in [5.74, 6) is 1.09. The van der Waals surface area contributed by atoms with Gasteiger partial charge in [-0.05, 0) is 31.0 Å². The fourth-order valence-electron chi connectivity index (χ4n) is 2.58. The molecule has 1 fully saturated rings. The summed E-state index contributed by atoms with van der Waals surface area (Å²) in [7, 11) is 0. The predicted molar refractivity (Wildman–Crippen MR) is 87.7 cm³/mol. The smallest absolute Gasteiger partial charge is 0.225 e. The molecule has 6 nitrogen and oxygen atoms in total. The minimum Gasteiger partial charge on any atom is -0.378 e. The molecule has 2 heterocycles. The number of morpholine rings is 1. The summed E-state index contributed by atoms with van der Waals surface area (Å²) < 4.78 is 10.3. The molecule has 0 radical (unpaired) electrons. The van der Waals surface area contributed by atoms with Crippen LogP contribution in [0.25, 0.3) is 0 Å². The summed E-state index contributed by atoms with van der Waals surface area (Å²) in [5.41, 5.74) is 2.35. The molecule has 6 heteroatoms. The minimum absolute atomic E-state index is 0.0597. The number of carbonyl (C=O) groups is 1. The number of aryl methyl sites for hydroxylation is 2. The van der Waals surface area contributed by atoms with Gasteiger partial charge in [0.15, 0.2) is 5.82 Å². The molecule has 0 unspecified atom stereocenters. The Bertz CT molecular complexity index is 645. The fourth-order valence-corrected chi connectivity index (χ4v) is 2.58. The number of benzene rings is 1. The fraction of sp³-hybridized carbons (Fsp3) is 0.412. The van der Waals surface area contributed by atoms with Crippen LogP contribution >= 0.6 is 0 Å². The van der Waals surface area contributed by atoms with E-state index < -0.39 is 0 Å². The van der Waals surface area contributed by atoms with E-state index in [0.717, 1.165) is 31.9 Å². The van der Waals surface area contributed by atoms with E-state index in [-0.39, 0.29) is 5.91 Å². The molecule has 0 atom stereocenters. The Balaban J connectivity index is 1.49. The van der Waals surface area contributed by atoms with E-state index >= 15 is 0 Å². The highest BCUT2D eigenvalue weighted by molar-refractivity contribution is 5.89. The van der Waals surface area contributed by atoms with Crippen molar-refractivity contribution in [3.63, 3.8) is 0 Å². The van der Waals surface area contributed by atoms with E-state index in [4.69, 9.17) is 9.26 Å². The molecule has 23 heavy (non-hydrogen) atoms. The first-order valence-electron chi connectivity index (χ1n) is 7.85. The van der Waals surface area contributed by atoms with Gasteiger partial charge in [0, 0.05) is 31.3 Å². The van der Waals surface area contributed by atoms with Gasteiger partial charge in [-0.15, -0.1) is 0 Å². The number of nitrogens with zero attached hydrogens (tertiary/aromatic N) is 2. The van der Waals surface area contributed by atoms with Gasteiger partial charge in [-0.25, -0.2) is 0 Å². The molecule has 0 saturated carbocycles. The van der Waals surface area contributed by atoms with Crippen LogP contribution in [0.15, 0.2) is 34.9 Å². The van der Waals surface area contributed by atoms with Gasteiger partial charge in [0.05, 0.1) is 13.2 Å². The van der Waals surface area contributed by atoms with Crippen molar-refractivity contribution in [1.82, 2.24) is 5.16 Å². The van der Waals surface area contributed by atoms with Gasteiger partial charge in [-0.3, -0.25) is 4.79 Å². The van der Waals surface area contributed by atoms with E-state index in [2.05, 4.69) is 39.6 Å². The molecule has 1 aliphatic heterocycles. The zero-order chi connectivity index (χ0) is 16.1. The molecular formula is C17H21N3O3. The Kier molecular flexibility index (Phi) is 4.92. The average Bonchev–Trinajstić information content (AvgIpc) is 2.99. The van der Waals surface area contributed by atoms with Gasteiger partial charge in [-0.1, -0.05) is 17.3 Å². The normalized spacial score (nSPS) is 14.7. The average molecular weight is 315 g/mol. The predicted octanol–water partition coefficient (Wildman–Crippen LogP) is 2.39. The third-order valence-electron chi connectivity index (χ3n) is 3.85. The summed E-state index contributed by atoms with van der Waals surface area (Å²) in [4.78, 5) is 14.2. The Morgan fingerprint density at radius 3 is 2.65 bits per heavy atom. The van der Waals surface area contributed by atoms with E-state index in [0.29, 0.717) is 24.4 Å². The lowest BCUT2D eigenvalue weighted by molar-refractivity contribution is -0.116. The topological polar surface area (TPSA) is 67.6 Å². The molecule has 1 aromatic carbocycles. The lowest BCUT2D eigenvalue weighted by Gasteiger charge is -2.28. The number of nitrogens with one attached hydrogen (secondary N) is 1. The first-order chi connectivity index (χ1) is 11.2. The van der Waals surface area contributed by atoms with Gasteiger partial charge in [0.1, 0.15) is 5.76 Å². The second-order valence-electron chi connectivity index (χ2n) is 5.64. The third-order valence-corrected chi connectivity index (χ3v) is 3.85. The van der Waals surface area contributed by atoms with Crippen LogP contribution in [0.2, 0.25) is 0 Å². The molecule has 1 N–H and O–H groups in total. The summed E-state index contributed by atoms with van der Waals surface area (Å²) >= 11 is 0. The molecule has 2 aromatic rings. The van der Waals surface area contributed by atoms with Crippen LogP contribution in [0.3, 0.4) is 0 Å². The molecule has 0 bridgehead atoms. The molecule has 122 valence electrons. The van der Waals surface area contributed by atoms with Crippen LogP contribution in [0.1, 0.15) is 17.7 Å². The van der Waals surface area contributed by atoms with Crippen molar-refractivity contribution in [2.45, 2.75) is 19.8 Å². The maximum Gasteiger partial charge on any atom is 0.225 e. The molecule has 1 saturated heterocycles. The molecule has 3 rings (SSSR count). The van der Waals surface area contributed by atoms with E-state index in [1.807, 2.05) is 0 Å². The number of rotatable bonds is 5. The largest absolute Gasteiger partial charge is 0.378 e. The minimum atomic E-state index is -0.0597. The summed E-state index contributed by atoms with van der Waals surface area (Å²) in [6, 6.07) is 10.1. The number of aromatic nitrogens is 1. The van der Waals surface area contributed by atoms with Crippen molar-refractivity contribution >= 4 is 17.4 Å². The van der Waals surface area contributed by atoms with E-state index in [1.165, 1.54) is 5.69 Å². The lowest BCUT2D eigenvalue weighted by Crippen LogP contribution is -2.36. The number of carbonyl (C=O) groups excluding carboxylic acids is 1. The number of amides is 1. The second kappa shape index (κ2) is 7.28. The van der Waals surface area contributed by atoms with Crippen molar-refractivity contribution < 1.29 is 14.1 Å². The first-order valence-corrected chi connectivity index (χ1v) is 7.85. The van der Waals surface area contributed by atoms with Crippen molar-refractivity contribution in [2.75, 3.05) is 36.5 Å². The van der Waals surface area contributed by atoms with Gasteiger partial charge in [-0.2, -0.15) is 0 Å². The molecule has 1 aliphatic rings. The monoisotopic (exact) mass is 315 g/mol. The van der Waals surface area contributed by atoms with E-state index in [9.17, 15) is 4.79 Å². The highest BCUT2D eigenvalue weighted by atomic mass is 16.5. The summed E-state index contributed by atoms with van der Waals surface area (Å²) in [6.07, 6.45) is 1.12. The Morgan fingerprint density at radius 1 is 1.26 bits per heavy atom. The maximum atomic E-state index is 11.9. The zero-order valence-electron chi connectivity index (χ0n) is 13.2. The lowest BCUT2D eigenvalue weighted by atomic mass is 10.1. The van der Waals surface area contributed by atoms with Crippen LogP contribution < -0.4 is 10.2 Å². The summed E-state index contributed by atoms with van der Waals surface area (Å²) in [6.45, 7) is 5.21.